The lowest BCUT2D eigenvalue weighted by atomic mass is 10.2. The van der Waals surface area contributed by atoms with Gasteiger partial charge in [0.25, 0.3) is 5.76 Å². The van der Waals surface area contributed by atoms with Gasteiger partial charge in [0, 0.05) is 6.07 Å². The molecule has 0 bridgehead atoms. The first kappa shape index (κ1) is 23.0. The molecular formula is C25H19F3O6. The number of hydrogen-bond donors (Lipinski definition) is 0. The highest BCUT2D eigenvalue weighted by atomic mass is 19.4. The molecule has 0 saturated carbocycles. The highest BCUT2D eigenvalue weighted by Gasteiger charge is 2.40. The lowest BCUT2D eigenvalue weighted by molar-refractivity contribution is -0.154. The lowest BCUT2D eigenvalue weighted by Gasteiger charge is -2.14. The van der Waals surface area contributed by atoms with Crippen molar-refractivity contribution in [3.05, 3.63) is 88.3 Å². The van der Waals surface area contributed by atoms with Crippen LogP contribution in [0.4, 0.5) is 13.2 Å². The Bertz CT molecular complexity index is 1360. The van der Waals surface area contributed by atoms with Gasteiger partial charge in [-0.15, -0.1) is 0 Å². The van der Waals surface area contributed by atoms with E-state index in [4.69, 9.17) is 23.4 Å². The molecule has 9 heteroatoms. The van der Waals surface area contributed by atoms with Crippen LogP contribution in [-0.4, -0.2) is 14.2 Å². The van der Waals surface area contributed by atoms with Crippen molar-refractivity contribution in [1.82, 2.24) is 0 Å². The molecule has 0 spiro atoms. The first-order valence-electron chi connectivity index (χ1n) is 10.0. The van der Waals surface area contributed by atoms with Gasteiger partial charge >= 0.3 is 6.18 Å². The highest BCUT2D eigenvalue weighted by molar-refractivity contribution is 5.79. The van der Waals surface area contributed by atoms with E-state index in [9.17, 15) is 18.0 Å². The molecule has 0 fully saturated rings. The molecule has 34 heavy (non-hydrogen) atoms. The van der Waals surface area contributed by atoms with Gasteiger partial charge in [0.05, 0.1) is 19.6 Å². The summed E-state index contributed by atoms with van der Waals surface area (Å²) in [6.45, 7) is 0.137. The van der Waals surface area contributed by atoms with Gasteiger partial charge < -0.3 is 23.4 Å². The molecule has 1 heterocycles. The van der Waals surface area contributed by atoms with Gasteiger partial charge in [-0.2, -0.15) is 13.2 Å². The van der Waals surface area contributed by atoms with Crippen molar-refractivity contribution in [3.63, 3.8) is 0 Å². The molecule has 176 valence electrons. The smallest absolute Gasteiger partial charge is 0.453 e. The second-order valence-electron chi connectivity index (χ2n) is 7.16. The van der Waals surface area contributed by atoms with Crippen molar-refractivity contribution < 1.29 is 36.5 Å². The molecule has 0 N–H and O–H groups in total. The van der Waals surface area contributed by atoms with E-state index in [1.807, 2.05) is 6.07 Å². The molecule has 6 nitrogen and oxygen atoms in total. The number of hydrogen-bond acceptors (Lipinski definition) is 6. The molecule has 4 aromatic rings. The fourth-order valence-electron chi connectivity index (χ4n) is 3.22. The standard InChI is InChI=1S/C25H19F3O6/c1-30-16-6-8-17(9-7-16)33-23-22(29)20-11-10-19(13-21(20)34-24(23)25(26,27)28)32-14-15-4-3-5-18(12-15)31-2/h3-13H,14H2,1-2H3. The van der Waals surface area contributed by atoms with Gasteiger partial charge in [-0.1, -0.05) is 12.1 Å². The van der Waals surface area contributed by atoms with Crippen molar-refractivity contribution in [1.29, 1.82) is 0 Å². The molecule has 0 saturated heterocycles. The van der Waals surface area contributed by atoms with E-state index in [-0.39, 0.29) is 29.1 Å². The Balaban J connectivity index is 1.68. The maximum Gasteiger partial charge on any atom is 0.453 e. The zero-order valence-corrected chi connectivity index (χ0v) is 18.1. The number of rotatable bonds is 7. The van der Waals surface area contributed by atoms with E-state index in [1.165, 1.54) is 56.7 Å². The summed E-state index contributed by atoms with van der Waals surface area (Å²) in [6, 6.07) is 17.0. The van der Waals surface area contributed by atoms with Gasteiger partial charge in [-0.05, 0) is 54.1 Å². The van der Waals surface area contributed by atoms with Gasteiger partial charge in [0.2, 0.25) is 11.2 Å². The average Bonchev–Trinajstić information content (AvgIpc) is 2.84. The van der Waals surface area contributed by atoms with Gasteiger partial charge in [0.1, 0.15) is 35.2 Å². The minimum Gasteiger partial charge on any atom is -0.497 e. The van der Waals surface area contributed by atoms with E-state index in [1.54, 1.807) is 18.2 Å². The Morgan fingerprint density at radius 1 is 0.824 bits per heavy atom. The van der Waals surface area contributed by atoms with Crippen LogP contribution in [0.2, 0.25) is 0 Å². The topological polar surface area (TPSA) is 67.1 Å². The Labute approximate surface area is 192 Å². The highest BCUT2D eigenvalue weighted by Crippen LogP contribution is 2.39. The number of methoxy groups -OCH3 is 2. The zero-order chi connectivity index (χ0) is 24.3. The predicted molar refractivity (Wildman–Crippen MR) is 118 cm³/mol. The van der Waals surface area contributed by atoms with Gasteiger partial charge in [-0.3, -0.25) is 4.79 Å². The number of benzene rings is 3. The summed E-state index contributed by atoms with van der Waals surface area (Å²) in [4.78, 5) is 12.9. The van der Waals surface area contributed by atoms with Crippen LogP contribution in [0.1, 0.15) is 11.3 Å². The molecule has 0 unspecified atom stereocenters. The van der Waals surface area contributed by atoms with Crippen LogP contribution in [0.25, 0.3) is 11.0 Å². The first-order chi connectivity index (χ1) is 16.3. The third kappa shape index (κ3) is 4.93. The molecule has 4 rings (SSSR count). The molecule has 0 aliphatic heterocycles. The first-order valence-corrected chi connectivity index (χ1v) is 10.0. The zero-order valence-electron chi connectivity index (χ0n) is 18.1. The van der Waals surface area contributed by atoms with E-state index < -0.39 is 23.1 Å². The fourth-order valence-corrected chi connectivity index (χ4v) is 3.22. The molecule has 0 atom stereocenters. The van der Waals surface area contributed by atoms with E-state index in [0.717, 1.165) is 5.56 Å². The Hall–Kier alpha value is -4.14. The van der Waals surface area contributed by atoms with Crippen LogP contribution >= 0.6 is 0 Å². The van der Waals surface area contributed by atoms with Crippen LogP contribution in [0.5, 0.6) is 28.7 Å². The monoisotopic (exact) mass is 472 g/mol. The minimum atomic E-state index is -4.97. The van der Waals surface area contributed by atoms with Crippen molar-refractivity contribution in [2.24, 2.45) is 0 Å². The van der Waals surface area contributed by atoms with E-state index in [0.29, 0.717) is 11.5 Å². The lowest BCUT2D eigenvalue weighted by Crippen LogP contribution is -2.15. The van der Waals surface area contributed by atoms with E-state index in [2.05, 4.69) is 0 Å². The number of alkyl halides is 3. The van der Waals surface area contributed by atoms with Crippen LogP contribution in [0.3, 0.4) is 0 Å². The van der Waals surface area contributed by atoms with Crippen LogP contribution < -0.4 is 24.4 Å². The summed E-state index contributed by atoms with van der Waals surface area (Å²) < 4.78 is 67.5. The summed E-state index contributed by atoms with van der Waals surface area (Å²) in [5.41, 5.74) is -0.439. The minimum absolute atomic E-state index is 0.0243. The van der Waals surface area contributed by atoms with Crippen molar-refractivity contribution in [2.75, 3.05) is 14.2 Å². The quantitative estimate of drug-likeness (QED) is 0.319. The van der Waals surface area contributed by atoms with Crippen molar-refractivity contribution in [3.8, 4) is 28.7 Å². The summed E-state index contributed by atoms with van der Waals surface area (Å²) in [6.07, 6.45) is -4.97. The molecule has 0 amide bonds. The number of fused-ring (bicyclic) bond motifs is 1. The normalized spacial score (nSPS) is 11.3. The third-order valence-corrected chi connectivity index (χ3v) is 4.90. The predicted octanol–water partition coefficient (Wildman–Crippen LogP) is 6.20. The Morgan fingerprint density at radius 2 is 1.50 bits per heavy atom. The largest absolute Gasteiger partial charge is 0.497 e. The maximum absolute atomic E-state index is 13.7. The second kappa shape index (κ2) is 9.38. The molecule has 0 aliphatic carbocycles. The SMILES string of the molecule is COc1ccc(Oc2c(C(F)(F)F)oc3cc(OCc4cccc(OC)c4)ccc3c2=O)cc1. The molecule has 3 aromatic carbocycles. The van der Waals surface area contributed by atoms with Crippen molar-refractivity contribution >= 4 is 11.0 Å². The number of halogens is 3. The fraction of sp³-hybridized carbons (Fsp3) is 0.160. The van der Waals surface area contributed by atoms with Crippen LogP contribution in [0.15, 0.2) is 75.9 Å². The average molecular weight is 472 g/mol. The van der Waals surface area contributed by atoms with Crippen molar-refractivity contribution in [2.45, 2.75) is 12.8 Å². The summed E-state index contributed by atoms with van der Waals surface area (Å²) >= 11 is 0. The summed E-state index contributed by atoms with van der Waals surface area (Å²) in [5.74, 6) is -1.10. The van der Waals surface area contributed by atoms with Crippen LogP contribution in [0, 0.1) is 0 Å². The maximum atomic E-state index is 13.7. The van der Waals surface area contributed by atoms with Gasteiger partial charge in [-0.25, -0.2) is 0 Å². The van der Waals surface area contributed by atoms with E-state index >= 15 is 0 Å². The molecule has 0 radical (unpaired) electrons. The summed E-state index contributed by atoms with van der Waals surface area (Å²) in [5, 5.41) is -0.0785. The Kier molecular flexibility index (Phi) is 6.36. The second-order valence-corrected chi connectivity index (χ2v) is 7.16. The molecule has 1 aromatic heterocycles. The van der Waals surface area contributed by atoms with Crippen LogP contribution in [-0.2, 0) is 12.8 Å². The number of ether oxygens (including phenoxy) is 4. The Morgan fingerprint density at radius 3 is 2.18 bits per heavy atom. The molecule has 0 aliphatic rings. The summed E-state index contributed by atoms with van der Waals surface area (Å²) in [7, 11) is 2.99. The van der Waals surface area contributed by atoms with Gasteiger partial charge in [0.15, 0.2) is 0 Å². The molecular weight excluding hydrogens is 453 g/mol. The third-order valence-electron chi connectivity index (χ3n) is 4.90.